The molecule has 2 N–H and O–H groups in total. The van der Waals surface area contributed by atoms with Crippen LogP contribution < -0.4 is 10.1 Å². The second kappa shape index (κ2) is 8.57. The number of hydrogen-bond acceptors (Lipinski definition) is 5. The number of likely N-dealkylation sites (N-methyl/N-ethyl adjacent to an activating group) is 1. The molecule has 3 aromatic rings. The van der Waals surface area contributed by atoms with Gasteiger partial charge in [-0.05, 0) is 52.2 Å². The van der Waals surface area contributed by atoms with Gasteiger partial charge in [-0.3, -0.25) is 4.79 Å². The Morgan fingerprint density at radius 3 is 2.59 bits per heavy atom. The summed E-state index contributed by atoms with van der Waals surface area (Å²) in [5.41, 5.74) is 1.57. The molecule has 2 heterocycles. The van der Waals surface area contributed by atoms with E-state index in [0.29, 0.717) is 32.8 Å². The topological polar surface area (TPSA) is 83.1 Å². The first-order chi connectivity index (χ1) is 13.6. The second-order valence-corrected chi connectivity index (χ2v) is 8.47. The zero-order valence-electron chi connectivity index (χ0n) is 16.7. The number of hydrogen-bond donors (Lipinski definition) is 2. The van der Waals surface area contributed by atoms with E-state index >= 15 is 0 Å². The monoisotopic (exact) mass is 435 g/mol. The summed E-state index contributed by atoms with van der Waals surface area (Å²) < 4.78 is 5.60. The van der Waals surface area contributed by atoms with E-state index in [-0.39, 0.29) is 18.1 Å². The Kier molecular flexibility index (Phi) is 6.31. The fourth-order valence-corrected chi connectivity index (χ4v) is 3.47. The number of aromatic amines is 1. The normalized spacial score (nSPS) is 11.8. The molecule has 1 amide bonds. The van der Waals surface area contributed by atoms with Crippen molar-refractivity contribution >= 4 is 40.3 Å². The number of ether oxygens (including phenoxy) is 1. The van der Waals surface area contributed by atoms with Crippen molar-refractivity contribution in [2.45, 2.75) is 19.4 Å². The van der Waals surface area contributed by atoms with E-state index in [1.165, 1.54) is 6.20 Å². The van der Waals surface area contributed by atoms with Gasteiger partial charge in [0.2, 0.25) is 0 Å². The Morgan fingerprint density at radius 1 is 1.24 bits per heavy atom. The van der Waals surface area contributed by atoms with Crippen LogP contribution in [0.2, 0.25) is 10.0 Å². The molecule has 9 heteroatoms. The lowest BCUT2D eigenvalue weighted by atomic mass is 10.1. The highest BCUT2D eigenvalue weighted by Gasteiger charge is 2.21. The number of halogens is 2. The molecule has 0 saturated heterocycles. The van der Waals surface area contributed by atoms with Gasteiger partial charge in [0.25, 0.3) is 5.91 Å². The number of amides is 1. The molecular formula is C20H23Cl2N5O2. The third-order valence-electron chi connectivity index (χ3n) is 4.10. The van der Waals surface area contributed by atoms with E-state index in [0.717, 1.165) is 12.1 Å². The van der Waals surface area contributed by atoms with Crippen LogP contribution in [0, 0.1) is 0 Å². The smallest absolute Gasteiger partial charge is 0.258 e. The van der Waals surface area contributed by atoms with Gasteiger partial charge in [0.15, 0.2) is 12.3 Å². The maximum absolute atomic E-state index is 12.2. The zero-order valence-corrected chi connectivity index (χ0v) is 18.2. The van der Waals surface area contributed by atoms with Crippen molar-refractivity contribution in [1.82, 2.24) is 25.2 Å². The third kappa shape index (κ3) is 5.38. The van der Waals surface area contributed by atoms with E-state index in [2.05, 4.69) is 20.3 Å². The van der Waals surface area contributed by atoms with Gasteiger partial charge >= 0.3 is 0 Å². The van der Waals surface area contributed by atoms with Crippen LogP contribution in [0.4, 0.5) is 0 Å². The number of nitrogens with zero attached hydrogens (tertiary/aromatic N) is 3. The maximum atomic E-state index is 12.2. The molecule has 0 aliphatic heterocycles. The predicted molar refractivity (Wildman–Crippen MR) is 116 cm³/mol. The lowest BCUT2D eigenvalue weighted by Gasteiger charge is -2.29. The number of nitrogens with one attached hydrogen (secondary N) is 2. The van der Waals surface area contributed by atoms with Crippen LogP contribution >= 0.6 is 23.2 Å². The molecular weight excluding hydrogens is 413 g/mol. The van der Waals surface area contributed by atoms with Gasteiger partial charge in [-0.2, -0.15) is 0 Å². The molecule has 3 rings (SSSR count). The number of imidazole rings is 1. The number of aromatic nitrogens is 3. The van der Waals surface area contributed by atoms with Crippen molar-refractivity contribution in [3.05, 3.63) is 40.5 Å². The molecule has 0 radical (unpaired) electrons. The number of rotatable bonds is 7. The fourth-order valence-electron chi connectivity index (χ4n) is 3.14. The molecule has 29 heavy (non-hydrogen) atoms. The molecule has 0 aliphatic carbocycles. The van der Waals surface area contributed by atoms with E-state index < -0.39 is 0 Å². The molecule has 154 valence electrons. The number of benzene rings is 1. The molecule has 0 bridgehead atoms. The lowest BCUT2D eigenvalue weighted by molar-refractivity contribution is -0.124. The van der Waals surface area contributed by atoms with Crippen molar-refractivity contribution in [3.8, 4) is 17.1 Å². The van der Waals surface area contributed by atoms with Crippen LogP contribution in [0.5, 0.6) is 5.75 Å². The van der Waals surface area contributed by atoms with E-state index in [9.17, 15) is 4.79 Å². The van der Waals surface area contributed by atoms with Crippen LogP contribution in [0.25, 0.3) is 22.6 Å². The van der Waals surface area contributed by atoms with Crippen LogP contribution in [0.1, 0.15) is 13.8 Å². The maximum Gasteiger partial charge on any atom is 0.258 e. The molecule has 0 fully saturated rings. The molecule has 0 unspecified atom stereocenters. The van der Waals surface area contributed by atoms with E-state index in [4.69, 9.17) is 27.9 Å². The number of pyridine rings is 1. The van der Waals surface area contributed by atoms with Crippen molar-refractivity contribution in [2.24, 2.45) is 0 Å². The highest BCUT2D eigenvalue weighted by molar-refractivity contribution is 6.44. The van der Waals surface area contributed by atoms with Crippen LogP contribution in [0.15, 0.2) is 30.5 Å². The summed E-state index contributed by atoms with van der Waals surface area (Å²) in [6, 6.07) is 7.25. The Labute approximate surface area is 179 Å². The first-order valence-corrected chi connectivity index (χ1v) is 9.79. The second-order valence-electron chi connectivity index (χ2n) is 7.69. The third-order valence-corrected chi connectivity index (χ3v) is 4.88. The van der Waals surface area contributed by atoms with E-state index in [1.807, 2.05) is 45.0 Å². The summed E-state index contributed by atoms with van der Waals surface area (Å²) in [4.78, 5) is 25.9. The Morgan fingerprint density at radius 2 is 1.93 bits per heavy atom. The van der Waals surface area contributed by atoms with Crippen molar-refractivity contribution in [3.63, 3.8) is 0 Å². The van der Waals surface area contributed by atoms with Gasteiger partial charge < -0.3 is 19.9 Å². The van der Waals surface area contributed by atoms with Crippen molar-refractivity contribution < 1.29 is 9.53 Å². The summed E-state index contributed by atoms with van der Waals surface area (Å²) in [6.07, 6.45) is 1.47. The first-order valence-electron chi connectivity index (χ1n) is 9.03. The van der Waals surface area contributed by atoms with E-state index in [1.54, 1.807) is 12.1 Å². The van der Waals surface area contributed by atoms with Gasteiger partial charge in [0, 0.05) is 23.8 Å². The van der Waals surface area contributed by atoms with Crippen LogP contribution in [-0.4, -0.2) is 58.5 Å². The molecule has 0 atom stereocenters. The van der Waals surface area contributed by atoms with Crippen molar-refractivity contribution in [1.29, 1.82) is 0 Å². The zero-order chi connectivity index (χ0) is 21.2. The van der Waals surface area contributed by atoms with Crippen molar-refractivity contribution in [2.75, 3.05) is 27.2 Å². The average molecular weight is 436 g/mol. The Balaban J connectivity index is 1.63. The summed E-state index contributed by atoms with van der Waals surface area (Å²) in [5, 5.41) is 3.72. The number of H-pyrrole nitrogens is 1. The lowest BCUT2D eigenvalue weighted by Crippen LogP contribution is -2.51. The minimum atomic E-state index is -0.340. The number of carbonyl (C=O) groups is 1. The predicted octanol–water partition coefficient (Wildman–Crippen LogP) is 3.77. The summed E-state index contributed by atoms with van der Waals surface area (Å²) in [7, 11) is 3.93. The standard InChI is InChI=1S/C20H23Cl2N5O2/c1-20(2,11-27(3)4)26-15(28)10-29-13-7-5-12(6-8-13)18-24-17-16(22)14(21)9-23-19(17)25-18/h5-9H,10-11H2,1-4H3,(H,26,28)(H,23,24,25). The average Bonchev–Trinajstić information content (AvgIpc) is 3.07. The van der Waals surface area contributed by atoms with Crippen LogP contribution in [0.3, 0.4) is 0 Å². The summed E-state index contributed by atoms with van der Waals surface area (Å²) in [6.45, 7) is 4.62. The molecule has 2 aromatic heterocycles. The minimum absolute atomic E-state index is 0.0567. The molecule has 0 spiro atoms. The highest BCUT2D eigenvalue weighted by Crippen LogP contribution is 2.30. The summed E-state index contributed by atoms with van der Waals surface area (Å²) in [5.74, 6) is 1.03. The fraction of sp³-hybridized carbons (Fsp3) is 0.350. The first kappa shape index (κ1) is 21.4. The minimum Gasteiger partial charge on any atom is -0.484 e. The van der Waals surface area contributed by atoms with Gasteiger partial charge in [0.05, 0.1) is 10.0 Å². The molecule has 0 saturated carbocycles. The van der Waals surface area contributed by atoms with Gasteiger partial charge in [0.1, 0.15) is 17.1 Å². The molecule has 1 aromatic carbocycles. The Hall–Kier alpha value is -2.35. The van der Waals surface area contributed by atoms with Gasteiger partial charge in [-0.1, -0.05) is 23.2 Å². The van der Waals surface area contributed by atoms with Crippen LogP contribution in [-0.2, 0) is 4.79 Å². The number of fused-ring (bicyclic) bond motifs is 1. The quantitative estimate of drug-likeness (QED) is 0.589. The number of carbonyl (C=O) groups excluding carboxylic acids is 1. The summed E-state index contributed by atoms with van der Waals surface area (Å²) >= 11 is 12.2. The van der Waals surface area contributed by atoms with Gasteiger partial charge in [-0.25, -0.2) is 9.97 Å². The largest absolute Gasteiger partial charge is 0.484 e. The SMILES string of the molecule is CN(C)CC(C)(C)NC(=O)COc1ccc(-c2nc3ncc(Cl)c(Cl)c3[nH]2)cc1. The molecule has 0 aliphatic rings. The molecule has 7 nitrogen and oxygen atoms in total. The van der Waals surface area contributed by atoms with Gasteiger partial charge in [-0.15, -0.1) is 0 Å². The highest BCUT2D eigenvalue weighted by atomic mass is 35.5. The Bertz CT molecular complexity index is 1020.